The van der Waals surface area contributed by atoms with Crippen LogP contribution in [0.1, 0.15) is 38.2 Å². The minimum Gasteiger partial charge on any atom is -0.490 e. The van der Waals surface area contributed by atoms with Gasteiger partial charge in [-0.05, 0) is 31.9 Å². The Bertz CT molecular complexity index is 653. The normalized spacial score (nSPS) is 22.6. The van der Waals surface area contributed by atoms with Crippen LogP contribution in [0.3, 0.4) is 0 Å². The molecule has 0 unspecified atom stereocenters. The number of rotatable bonds is 5. The number of carbonyl (C=O) groups is 1. The molecule has 3 rings (SSSR count). The average Bonchev–Trinajstić information content (AvgIpc) is 2.66. The van der Waals surface area contributed by atoms with Crippen molar-refractivity contribution in [3.63, 3.8) is 0 Å². The molecule has 25 heavy (non-hydrogen) atoms. The number of hydrogen-bond acceptors (Lipinski definition) is 5. The first-order valence-corrected chi connectivity index (χ1v) is 8.93. The van der Waals surface area contributed by atoms with Crippen LogP contribution in [0, 0.1) is 11.3 Å². The number of carbonyl (C=O) groups excluding carboxylic acids is 1. The summed E-state index contributed by atoms with van der Waals surface area (Å²) < 4.78 is 17.1. The number of fused-ring (bicyclic) bond motifs is 1. The number of nitriles is 1. The average molecular weight is 344 g/mol. The summed E-state index contributed by atoms with van der Waals surface area (Å²) in [5.74, 6) is 0.960. The lowest BCUT2D eigenvalue weighted by molar-refractivity contribution is -0.151. The predicted molar refractivity (Wildman–Crippen MR) is 91.5 cm³/mol. The zero-order valence-corrected chi connectivity index (χ0v) is 14.6. The second-order valence-electron chi connectivity index (χ2n) is 6.34. The van der Waals surface area contributed by atoms with Crippen LogP contribution in [0.15, 0.2) is 18.2 Å². The fourth-order valence-corrected chi connectivity index (χ4v) is 3.59. The number of hydrogen-bond donors (Lipinski definition) is 0. The van der Waals surface area contributed by atoms with Crippen molar-refractivity contribution in [3.05, 3.63) is 23.8 Å². The van der Waals surface area contributed by atoms with Crippen LogP contribution in [0.25, 0.3) is 0 Å². The molecule has 134 valence electrons. The van der Waals surface area contributed by atoms with Crippen LogP contribution in [-0.4, -0.2) is 49.3 Å². The van der Waals surface area contributed by atoms with Gasteiger partial charge in [-0.1, -0.05) is 12.8 Å². The van der Waals surface area contributed by atoms with Gasteiger partial charge in [0.15, 0.2) is 18.1 Å². The van der Waals surface area contributed by atoms with E-state index in [2.05, 4.69) is 6.07 Å². The lowest BCUT2D eigenvalue weighted by Gasteiger charge is -2.43. The third kappa shape index (κ3) is 4.05. The standard InChI is InChI=1S/C19H24N2O4/c1-2-23-18-11-14(12-20)7-8-17(18)25-13-19(22)21-9-10-24-16-6-4-3-5-15(16)21/h7-8,11,15-16H,2-6,9-10,13H2,1H3/t15-,16+/m0/s1. The minimum atomic E-state index is -0.0325. The van der Waals surface area contributed by atoms with Gasteiger partial charge in [-0.25, -0.2) is 0 Å². The number of benzene rings is 1. The molecular formula is C19H24N2O4. The van der Waals surface area contributed by atoms with Gasteiger partial charge in [0, 0.05) is 12.6 Å². The van der Waals surface area contributed by atoms with E-state index in [1.807, 2.05) is 11.8 Å². The zero-order valence-electron chi connectivity index (χ0n) is 14.6. The summed E-state index contributed by atoms with van der Waals surface area (Å²) in [4.78, 5) is 14.6. The van der Waals surface area contributed by atoms with Crippen LogP contribution >= 0.6 is 0 Å². The molecule has 6 heteroatoms. The van der Waals surface area contributed by atoms with Crippen molar-refractivity contribution in [3.8, 4) is 17.6 Å². The van der Waals surface area contributed by atoms with Crippen LogP contribution in [0.5, 0.6) is 11.5 Å². The smallest absolute Gasteiger partial charge is 0.260 e. The van der Waals surface area contributed by atoms with E-state index < -0.39 is 0 Å². The molecule has 0 bridgehead atoms. The van der Waals surface area contributed by atoms with Crippen molar-refractivity contribution in [2.75, 3.05) is 26.4 Å². The Morgan fingerprint density at radius 2 is 2.16 bits per heavy atom. The lowest BCUT2D eigenvalue weighted by Crippen LogP contribution is -2.55. The maximum atomic E-state index is 12.7. The Morgan fingerprint density at radius 1 is 1.32 bits per heavy atom. The molecule has 1 heterocycles. The van der Waals surface area contributed by atoms with Gasteiger partial charge < -0.3 is 19.1 Å². The van der Waals surface area contributed by atoms with Gasteiger partial charge in [-0.2, -0.15) is 5.26 Å². The van der Waals surface area contributed by atoms with Gasteiger partial charge in [0.25, 0.3) is 5.91 Å². The summed E-state index contributed by atoms with van der Waals surface area (Å²) in [7, 11) is 0. The van der Waals surface area contributed by atoms with Crippen molar-refractivity contribution in [2.45, 2.75) is 44.8 Å². The molecule has 0 aromatic heterocycles. The van der Waals surface area contributed by atoms with Crippen LogP contribution in [-0.2, 0) is 9.53 Å². The Kier molecular flexibility index (Phi) is 5.77. The molecule has 1 saturated heterocycles. The van der Waals surface area contributed by atoms with E-state index in [4.69, 9.17) is 19.5 Å². The highest BCUT2D eigenvalue weighted by molar-refractivity contribution is 5.78. The highest BCUT2D eigenvalue weighted by Crippen LogP contribution is 2.30. The molecule has 2 atom stereocenters. The quantitative estimate of drug-likeness (QED) is 0.821. The van der Waals surface area contributed by atoms with Crippen molar-refractivity contribution in [1.29, 1.82) is 5.26 Å². The molecule has 2 fully saturated rings. The molecule has 6 nitrogen and oxygen atoms in total. The molecule has 1 aliphatic carbocycles. The fraction of sp³-hybridized carbons (Fsp3) is 0.579. The van der Waals surface area contributed by atoms with E-state index in [1.165, 1.54) is 6.42 Å². The first kappa shape index (κ1) is 17.6. The first-order chi connectivity index (χ1) is 12.2. The summed E-state index contributed by atoms with van der Waals surface area (Å²) >= 11 is 0. The molecule has 0 spiro atoms. The molecule has 0 N–H and O–H groups in total. The first-order valence-electron chi connectivity index (χ1n) is 8.93. The molecule has 1 aromatic rings. The topological polar surface area (TPSA) is 71.8 Å². The summed E-state index contributed by atoms with van der Waals surface area (Å²) in [6, 6.07) is 7.22. The van der Waals surface area contributed by atoms with Gasteiger partial charge in [-0.15, -0.1) is 0 Å². The number of ether oxygens (including phenoxy) is 3. The van der Waals surface area contributed by atoms with Crippen molar-refractivity contribution in [2.24, 2.45) is 0 Å². The van der Waals surface area contributed by atoms with Gasteiger partial charge in [0.2, 0.25) is 0 Å². The third-order valence-electron chi connectivity index (χ3n) is 4.78. The van der Waals surface area contributed by atoms with Gasteiger partial charge in [0.1, 0.15) is 0 Å². The van der Waals surface area contributed by atoms with Crippen molar-refractivity contribution in [1.82, 2.24) is 4.90 Å². The van der Waals surface area contributed by atoms with Gasteiger partial charge in [0.05, 0.1) is 37.0 Å². The fourth-order valence-electron chi connectivity index (χ4n) is 3.59. The Labute approximate surface area is 148 Å². The SMILES string of the molecule is CCOc1cc(C#N)ccc1OCC(=O)N1CCO[C@@H]2CCCC[C@@H]21. The van der Waals surface area contributed by atoms with E-state index in [1.54, 1.807) is 18.2 Å². The van der Waals surface area contributed by atoms with Crippen LogP contribution in [0.4, 0.5) is 0 Å². The van der Waals surface area contributed by atoms with Crippen molar-refractivity contribution < 1.29 is 19.0 Å². The number of morpholine rings is 1. The van der Waals surface area contributed by atoms with E-state index in [0.29, 0.717) is 36.8 Å². The molecule has 1 amide bonds. The molecule has 1 aliphatic heterocycles. The minimum absolute atomic E-state index is 0.0213. The number of amides is 1. The predicted octanol–water partition coefficient (Wildman–Crippen LogP) is 2.51. The highest BCUT2D eigenvalue weighted by Gasteiger charge is 2.36. The van der Waals surface area contributed by atoms with Gasteiger partial charge >= 0.3 is 0 Å². The monoisotopic (exact) mass is 344 g/mol. The largest absolute Gasteiger partial charge is 0.490 e. The zero-order chi connectivity index (χ0) is 17.6. The Hall–Kier alpha value is -2.26. The van der Waals surface area contributed by atoms with Crippen LogP contribution in [0.2, 0.25) is 0 Å². The summed E-state index contributed by atoms with van der Waals surface area (Å²) in [5, 5.41) is 9.00. The van der Waals surface area contributed by atoms with E-state index in [9.17, 15) is 4.79 Å². The Morgan fingerprint density at radius 3 is 2.96 bits per heavy atom. The van der Waals surface area contributed by atoms with E-state index in [0.717, 1.165) is 19.3 Å². The second-order valence-corrected chi connectivity index (χ2v) is 6.34. The summed E-state index contributed by atoms with van der Waals surface area (Å²) in [6.45, 7) is 3.51. The Balaban J connectivity index is 1.64. The lowest BCUT2D eigenvalue weighted by atomic mass is 9.90. The molecule has 1 saturated carbocycles. The van der Waals surface area contributed by atoms with Gasteiger partial charge in [-0.3, -0.25) is 4.79 Å². The maximum Gasteiger partial charge on any atom is 0.260 e. The molecule has 0 radical (unpaired) electrons. The summed E-state index contributed by atoms with van der Waals surface area (Å²) in [5.41, 5.74) is 0.500. The molecular weight excluding hydrogens is 320 g/mol. The molecule has 1 aromatic carbocycles. The maximum absolute atomic E-state index is 12.7. The van der Waals surface area contributed by atoms with E-state index in [-0.39, 0.29) is 24.7 Å². The van der Waals surface area contributed by atoms with E-state index >= 15 is 0 Å². The van der Waals surface area contributed by atoms with Crippen molar-refractivity contribution >= 4 is 5.91 Å². The third-order valence-corrected chi connectivity index (χ3v) is 4.78. The van der Waals surface area contributed by atoms with Crippen LogP contribution < -0.4 is 9.47 Å². The second kappa shape index (κ2) is 8.21. The highest BCUT2D eigenvalue weighted by atomic mass is 16.5. The molecule has 2 aliphatic rings. The summed E-state index contributed by atoms with van der Waals surface area (Å²) in [6.07, 6.45) is 4.50. The number of nitrogens with zero attached hydrogens (tertiary/aromatic N) is 2.